The van der Waals surface area contributed by atoms with Crippen LogP contribution in [0.5, 0.6) is 0 Å². The molecule has 0 aliphatic rings. The lowest BCUT2D eigenvalue weighted by atomic mass is 10.1. The van der Waals surface area contributed by atoms with Gasteiger partial charge in [-0.15, -0.1) is 0 Å². The lowest BCUT2D eigenvalue weighted by molar-refractivity contribution is -0.129. The van der Waals surface area contributed by atoms with Gasteiger partial charge >= 0.3 is 0 Å². The van der Waals surface area contributed by atoms with Gasteiger partial charge in [0.05, 0.1) is 12.1 Å². The number of aromatic nitrogens is 2. The third-order valence-corrected chi connectivity index (χ3v) is 3.67. The second-order valence-electron chi connectivity index (χ2n) is 6.07. The zero-order chi connectivity index (χ0) is 15.3. The minimum absolute atomic E-state index is 0.189. The van der Waals surface area contributed by atoms with Gasteiger partial charge in [0.25, 0.3) is 0 Å². The summed E-state index contributed by atoms with van der Waals surface area (Å²) in [6, 6.07) is 0. The van der Waals surface area contributed by atoms with E-state index in [0.717, 1.165) is 42.9 Å². The van der Waals surface area contributed by atoms with Crippen LogP contribution >= 0.6 is 0 Å². The van der Waals surface area contributed by atoms with E-state index in [4.69, 9.17) is 0 Å². The standard InChI is InChI=1S/C16H29N3O/c1-7-8-9-18(6)16(20)10-15-13(4)17-19(14(15)5)11-12(2)3/h12H,7-11H2,1-6H3. The molecule has 1 amide bonds. The summed E-state index contributed by atoms with van der Waals surface area (Å²) in [4.78, 5) is 14.1. The number of nitrogens with zero attached hydrogens (tertiary/aromatic N) is 3. The van der Waals surface area contributed by atoms with Crippen LogP contribution in [0.25, 0.3) is 0 Å². The summed E-state index contributed by atoms with van der Waals surface area (Å²) in [5.41, 5.74) is 3.22. The molecule has 20 heavy (non-hydrogen) atoms. The lowest BCUT2D eigenvalue weighted by Gasteiger charge is -2.16. The van der Waals surface area contributed by atoms with E-state index < -0.39 is 0 Å². The smallest absolute Gasteiger partial charge is 0.226 e. The molecule has 0 radical (unpaired) electrons. The summed E-state index contributed by atoms with van der Waals surface area (Å²) in [7, 11) is 1.89. The molecule has 114 valence electrons. The van der Waals surface area contributed by atoms with Crippen molar-refractivity contribution in [3.8, 4) is 0 Å². The van der Waals surface area contributed by atoms with E-state index in [1.165, 1.54) is 0 Å². The van der Waals surface area contributed by atoms with Gasteiger partial charge in [0.1, 0.15) is 0 Å². The Balaban J connectivity index is 2.77. The van der Waals surface area contributed by atoms with Gasteiger partial charge in [-0.1, -0.05) is 27.2 Å². The Labute approximate surface area is 123 Å². The molecule has 0 saturated carbocycles. The summed E-state index contributed by atoms with van der Waals surface area (Å²) < 4.78 is 2.04. The van der Waals surface area contributed by atoms with Gasteiger partial charge in [-0.25, -0.2) is 0 Å². The molecular formula is C16H29N3O. The van der Waals surface area contributed by atoms with Gasteiger partial charge in [0, 0.05) is 31.4 Å². The maximum atomic E-state index is 12.2. The predicted molar refractivity (Wildman–Crippen MR) is 82.8 cm³/mol. The van der Waals surface area contributed by atoms with Crippen molar-refractivity contribution in [2.24, 2.45) is 5.92 Å². The van der Waals surface area contributed by atoms with E-state index in [9.17, 15) is 4.79 Å². The van der Waals surface area contributed by atoms with Crippen LogP contribution in [0.4, 0.5) is 0 Å². The maximum absolute atomic E-state index is 12.2. The molecule has 0 aromatic carbocycles. The fourth-order valence-corrected chi connectivity index (χ4v) is 2.32. The maximum Gasteiger partial charge on any atom is 0.226 e. The van der Waals surface area contributed by atoms with Gasteiger partial charge in [-0.2, -0.15) is 5.10 Å². The third-order valence-electron chi connectivity index (χ3n) is 3.67. The molecule has 0 unspecified atom stereocenters. The first kappa shape index (κ1) is 16.7. The molecule has 0 aliphatic carbocycles. The van der Waals surface area contributed by atoms with Crippen LogP contribution in [-0.4, -0.2) is 34.2 Å². The van der Waals surface area contributed by atoms with Crippen LogP contribution in [0.2, 0.25) is 0 Å². The van der Waals surface area contributed by atoms with Crippen molar-refractivity contribution in [2.75, 3.05) is 13.6 Å². The molecule has 0 bridgehead atoms. The number of rotatable bonds is 7. The average molecular weight is 279 g/mol. The monoisotopic (exact) mass is 279 g/mol. The van der Waals surface area contributed by atoms with Gasteiger partial charge in [-0.05, 0) is 26.2 Å². The van der Waals surface area contributed by atoms with E-state index >= 15 is 0 Å². The molecule has 1 aromatic heterocycles. The summed E-state index contributed by atoms with van der Waals surface area (Å²) >= 11 is 0. The van der Waals surface area contributed by atoms with Crippen molar-refractivity contribution in [1.29, 1.82) is 0 Å². The van der Waals surface area contributed by atoms with Crippen LogP contribution in [0, 0.1) is 19.8 Å². The highest BCUT2D eigenvalue weighted by Crippen LogP contribution is 2.16. The van der Waals surface area contributed by atoms with E-state index in [-0.39, 0.29) is 5.91 Å². The number of hydrogen-bond acceptors (Lipinski definition) is 2. The predicted octanol–water partition coefficient (Wildman–Crippen LogP) is 2.96. The van der Waals surface area contributed by atoms with Crippen LogP contribution in [0.15, 0.2) is 0 Å². The Morgan fingerprint density at radius 3 is 2.55 bits per heavy atom. The summed E-state index contributed by atoms with van der Waals surface area (Å²) in [5, 5.41) is 4.57. The van der Waals surface area contributed by atoms with Crippen molar-refractivity contribution in [3.05, 3.63) is 17.0 Å². The number of carbonyl (C=O) groups excluding carboxylic acids is 1. The molecule has 0 N–H and O–H groups in total. The first-order chi connectivity index (χ1) is 9.36. The average Bonchev–Trinajstić information content (AvgIpc) is 2.62. The Bertz CT molecular complexity index is 449. The number of amides is 1. The number of aryl methyl sites for hydroxylation is 1. The van der Waals surface area contributed by atoms with Crippen molar-refractivity contribution >= 4 is 5.91 Å². The third kappa shape index (κ3) is 4.36. The quantitative estimate of drug-likeness (QED) is 0.769. The largest absolute Gasteiger partial charge is 0.345 e. The Hall–Kier alpha value is -1.32. The van der Waals surface area contributed by atoms with Crippen LogP contribution in [-0.2, 0) is 17.8 Å². The molecule has 0 aliphatic heterocycles. The van der Waals surface area contributed by atoms with Gasteiger partial charge in [0.15, 0.2) is 0 Å². The van der Waals surface area contributed by atoms with Gasteiger partial charge < -0.3 is 4.90 Å². The molecule has 1 aromatic rings. The van der Waals surface area contributed by atoms with Crippen LogP contribution in [0.3, 0.4) is 0 Å². The Kier molecular flexibility index (Phi) is 6.24. The topological polar surface area (TPSA) is 38.1 Å². The zero-order valence-electron chi connectivity index (χ0n) is 13.9. The Morgan fingerprint density at radius 2 is 2.00 bits per heavy atom. The van der Waals surface area contributed by atoms with Crippen molar-refractivity contribution in [3.63, 3.8) is 0 Å². The summed E-state index contributed by atoms with van der Waals surface area (Å²) in [6.45, 7) is 12.3. The molecule has 0 fully saturated rings. The molecule has 0 saturated heterocycles. The van der Waals surface area contributed by atoms with Crippen molar-refractivity contribution in [1.82, 2.24) is 14.7 Å². The molecule has 1 rings (SSSR count). The first-order valence-corrected chi connectivity index (χ1v) is 7.63. The number of likely N-dealkylation sites (N-methyl/N-ethyl adjacent to an activating group) is 1. The molecule has 0 spiro atoms. The van der Waals surface area contributed by atoms with Gasteiger partial charge in [-0.3, -0.25) is 9.48 Å². The van der Waals surface area contributed by atoms with E-state index in [1.54, 1.807) is 0 Å². The highest BCUT2D eigenvalue weighted by molar-refractivity contribution is 5.79. The summed E-state index contributed by atoms with van der Waals surface area (Å²) in [5.74, 6) is 0.748. The second-order valence-corrected chi connectivity index (χ2v) is 6.07. The van der Waals surface area contributed by atoms with Crippen LogP contribution < -0.4 is 0 Å². The minimum Gasteiger partial charge on any atom is -0.345 e. The van der Waals surface area contributed by atoms with Crippen LogP contribution in [0.1, 0.15) is 50.6 Å². The highest BCUT2D eigenvalue weighted by Gasteiger charge is 2.17. The number of unbranched alkanes of at least 4 members (excludes halogenated alkanes) is 1. The molecular weight excluding hydrogens is 250 g/mol. The number of hydrogen-bond donors (Lipinski definition) is 0. The zero-order valence-corrected chi connectivity index (χ0v) is 13.9. The fraction of sp³-hybridized carbons (Fsp3) is 0.750. The lowest BCUT2D eigenvalue weighted by Crippen LogP contribution is -2.29. The molecule has 1 heterocycles. The fourth-order valence-electron chi connectivity index (χ4n) is 2.32. The normalized spacial score (nSPS) is 11.2. The van der Waals surface area contributed by atoms with E-state index in [2.05, 4.69) is 32.8 Å². The molecule has 0 atom stereocenters. The highest BCUT2D eigenvalue weighted by atomic mass is 16.2. The Morgan fingerprint density at radius 1 is 1.35 bits per heavy atom. The molecule has 4 heteroatoms. The minimum atomic E-state index is 0.189. The van der Waals surface area contributed by atoms with E-state index in [0.29, 0.717) is 12.3 Å². The SMILES string of the molecule is CCCCN(C)C(=O)Cc1c(C)nn(CC(C)C)c1C. The summed E-state index contributed by atoms with van der Waals surface area (Å²) in [6.07, 6.45) is 2.64. The van der Waals surface area contributed by atoms with Gasteiger partial charge in [0.2, 0.25) is 5.91 Å². The molecule has 4 nitrogen and oxygen atoms in total. The first-order valence-electron chi connectivity index (χ1n) is 7.63. The van der Waals surface area contributed by atoms with Crippen molar-refractivity contribution < 1.29 is 4.79 Å². The second kappa shape index (κ2) is 7.46. The number of carbonyl (C=O) groups is 1. The van der Waals surface area contributed by atoms with Crippen molar-refractivity contribution in [2.45, 2.75) is 60.4 Å². The van der Waals surface area contributed by atoms with E-state index in [1.807, 2.05) is 23.6 Å².